The zero-order chi connectivity index (χ0) is 11.4. The number of aromatic nitrogens is 2. The van der Waals surface area contributed by atoms with Crippen LogP contribution in [0.1, 0.15) is 37.8 Å². The van der Waals surface area contributed by atoms with Crippen molar-refractivity contribution in [1.82, 2.24) is 9.97 Å². The highest BCUT2D eigenvalue weighted by Gasteiger charge is 2.13. The standard InChI is InChI=1S/C12H20N4/c1-9-7-11(16-12(13)15-9)14-8-10-5-3-2-4-6-10/h7,10H,2-6,8H2,1H3,(H3,13,14,15,16). The largest absolute Gasteiger partial charge is 0.370 e. The molecule has 2 rings (SSSR count). The first kappa shape index (κ1) is 11.2. The molecule has 16 heavy (non-hydrogen) atoms. The molecule has 1 aliphatic carbocycles. The van der Waals surface area contributed by atoms with Gasteiger partial charge < -0.3 is 11.1 Å². The number of nitrogens with zero attached hydrogens (tertiary/aromatic N) is 2. The van der Waals surface area contributed by atoms with Crippen LogP contribution in [0.15, 0.2) is 6.07 Å². The summed E-state index contributed by atoms with van der Waals surface area (Å²) in [4.78, 5) is 8.23. The van der Waals surface area contributed by atoms with Crippen LogP contribution in [0.4, 0.5) is 11.8 Å². The minimum atomic E-state index is 0.353. The van der Waals surface area contributed by atoms with Gasteiger partial charge in [-0.2, -0.15) is 4.98 Å². The lowest BCUT2D eigenvalue weighted by Gasteiger charge is -2.22. The fourth-order valence-corrected chi connectivity index (χ4v) is 2.32. The second-order valence-corrected chi connectivity index (χ2v) is 4.64. The highest BCUT2D eigenvalue weighted by Crippen LogP contribution is 2.23. The molecule has 1 aliphatic rings. The van der Waals surface area contributed by atoms with Crippen molar-refractivity contribution < 1.29 is 0 Å². The third kappa shape index (κ3) is 3.08. The van der Waals surface area contributed by atoms with Gasteiger partial charge in [-0.05, 0) is 25.7 Å². The Kier molecular flexibility index (Phi) is 3.59. The van der Waals surface area contributed by atoms with Gasteiger partial charge in [0.1, 0.15) is 5.82 Å². The number of anilines is 2. The van der Waals surface area contributed by atoms with Gasteiger partial charge in [-0.3, -0.25) is 0 Å². The summed E-state index contributed by atoms with van der Waals surface area (Å²) in [5.41, 5.74) is 6.52. The van der Waals surface area contributed by atoms with Crippen molar-refractivity contribution >= 4 is 11.8 Å². The van der Waals surface area contributed by atoms with Gasteiger partial charge in [0, 0.05) is 18.3 Å². The molecule has 0 atom stereocenters. The SMILES string of the molecule is Cc1cc(NCC2CCCCC2)nc(N)n1. The van der Waals surface area contributed by atoms with E-state index in [2.05, 4.69) is 15.3 Å². The van der Waals surface area contributed by atoms with Gasteiger partial charge in [-0.25, -0.2) is 4.98 Å². The maximum Gasteiger partial charge on any atom is 0.222 e. The van der Waals surface area contributed by atoms with E-state index in [0.717, 1.165) is 24.0 Å². The topological polar surface area (TPSA) is 63.8 Å². The number of nitrogen functional groups attached to an aromatic ring is 1. The lowest BCUT2D eigenvalue weighted by atomic mass is 9.89. The number of hydrogen-bond acceptors (Lipinski definition) is 4. The maximum absolute atomic E-state index is 5.61. The molecule has 0 unspecified atom stereocenters. The molecule has 1 heterocycles. The zero-order valence-electron chi connectivity index (χ0n) is 9.87. The number of aryl methyl sites for hydroxylation is 1. The molecular formula is C12H20N4. The van der Waals surface area contributed by atoms with E-state index in [0.29, 0.717) is 5.95 Å². The number of nitrogens with one attached hydrogen (secondary N) is 1. The molecule has 3 N–H and O–H groups in total. The van der Waals surface area contributed by atoms with Gasteiger partial charge in [-0.15, -0.1) is 0 Å². The number of hydrogen-bond donors (Lipinski definition) is 2. The highest BCUT2D eigenvalue weighted by atomic mass is 15.1. The molecule has 0 saturated heterocycles. The van der Waals surface area contributed by atoms with Crippen LogP contribution >= 0.6 is 0 Å². The third-order valence-electron chi connectivity index (χ3n) is 3.17. The summed E-state index contributed by atoms with van der Waals surface area (Å²) >= 11 is 0. The number of rotatable bonds is 3. The average Bonchev–Trinajstić information content (AvgIpc) is 2.27. The average molecular weight is 220 g/mol. The Labute approximate surface area is 96.7 Å². The molecule has 1 saturated carbocycles. The van der Waals surface area contributed by atoms with E-state index in [-0.39, 0.29) is 0 Å². The predicted molar refractivity (Wildman–Crippen MR) is 66.2 cm³/mol. The van der Waals surface area contributed by atoms with E-state index >= 15 is 0 Å². The predicted octanol–water partition coefficient (Wildman–Crippen LogP) is 2.36. The Hall–Kier alpha value is -1.32. The van der Waals surface area contributed by atoms with Gasteiger partial charge >= 0.3 is 0 Å². The molecule has 0 radical (unpaired) electrons. The molecule has 4 heteroatoms. The van der Waals surface area contributed by atoms with Gasteiger partial charge in [0.2, 0.25) is 5.95 Å². The van der Waals surface area contributed by atoms with E-state index in [1.807, 2.05) is 13.0 Å². The summed E-state index contributed by atoms with van der Waals surface area (Å²) in [6.07, 6.45) is 6.82. The van der Waals surface area contributed by atoms with E-state index < -0.39 is 0 Å². The summed E-state index contributed by atoms with van der Waals surface area (Å²) < 4.78 is 0. The molecule has 88 valence electrons. The highest BCUT2D eigenvalue weighted by molar-refractivity contribution is 5.40. The van der Waals surface area contributed by atoms with Gasteiger partial charge in [0.25, 0.3) is 0 Å². The van der Waals surface area contributed by atoms with Crippen molar-refractivity contribution in [3.8, 4) is 0 Å². The fourth-order valence-electron chi connectivity index (χ4n) is 2.32. The molecule has 0 aromatic carbocycles. The summed E-state index contributed by atoms with van der Waals surface area (Å²) in [5, 5.41) is 3.36. The van der Waals surface area contributed by atoms with E-state index in [1.165, 1.54) is 32.1 Å². The van der Waals surface area contributed by atoms with Crippen molar-refractivity contribution in [1.29, 1.82) is 0 Å². The summed E-state index contributed by atoms with van der Waals surface area (Å²) in [6.45, 7) is 2.94. The third-order valence-corrected chi connectivity index (χ3v) is 3.17. The first-order chi connectivity index (χ1) is 7.74. The van der Waals surface area contributed by atoms with Crippen molar-refractivity contribution in [2.75, 3.05) is 17.6 Å². The van der Waals surface area contributed by atoms with Crippen LogP contribution in [-0.4, -0.2) is 16.5 Å². The van der Waals surface area contributed by atoms with Gasteiger partial charge in [0.15, 0.2) is 0 Å². The first-order valence-electron chi connectivity index (χ1n) is 6.09. The normalized spacial score (nSPS) is 17.3. The molecule has 4 nitrogen and oxygen atoms in total. The number of nitrogens with two attached hydrogens (primary N) is 1. The lowest BCUT2D eigenvalue weighted by molar-refractivity contribution is 0.373. The molecular weight excluding hydrogens is 200 g/mol. The second-order valence-electron chi connectivity index (χ2n) is 4.64. The monoisotopic (exact) mass is 220 g/mol. The smallest absolute Gasteiger partial charge is 0.222 e. The second kappa shape index (κ2) is 5.14. The van der Waals surface area contributed by atoms with Gasteiger partial charge in [-0.1, -0.05) is 19.3 Å². The molecule has 1 aromatic rings. The van der Waals surface area contributed by atoms with Crippen molar-refractivity contribution in [2.24, 2.45) is 5.92 Å². The molecule has 0 bridgehead atoms. The summed E-state index contributed by atoms with van der Waals surface area (Å²) in [6, 6.07) is 1.94. The summed E-state index contributed by atoms with van der Waals surface area (Å²) in [5.74, 6) is 2.01. The van der Waals surface area contributed by atoms with E-state index in [1.54, 1.807) is 0 Å². The Balaban J connectivity index is 1.88. The van der Waals surface area contributed by atoms with E-state index in [4.69, 9.17) is 5.73 Å². The quantitative estimate of drug-likeness (QED) is 0.820. The fraction of sp³-hybridized carbons (Fsp3) is 0.667. The minimum absolute atomic E-state index is 0.353. The van der Waals surface area contributed by atoms with Gasteiger partial charge in [0.05, 0.1) is 0 Å². The van der Waals surface area contributed by atoms with E-state index in [9.17, 15) is 0 Å². The van der Waals surface area contributed by atoms with Crippen LogP contribution in [0.25, 0.3) is 0 Å². The van der Waals surface area contributed by atoms with Crippen LogP contribution in [0, 0.1) is 12.8 Å². The molecule has 1 aromatic heterocycles. The minimum Gasteiger partial charge on any atom is -0.370 e. The van der Waals surface area contributed by atoms with Crippen LogP contribution < -0.4 is 11.1 Å². The lowest BCUT2D eigenvalue weighted by Crippen LogP contribution is -2.18. The molecule has 0 aliphatic heterocycles. The maximum atomic E-state index is 5.61. The molecule has 1 fully saturated rings. The zero-order valence-corrected chi connectivity index (χ0v) is 9.87. The Morgan fingerprint density at radius 1 is 1.31 bits per heavy atom. The molecule has 0 spiro atoms. The first-order valence-corrected chi connectivity index (χ1v) is 6.09. The molecule has 0 amide bonds. The van der Waals surface area contributed by atoms with Crippen LogP contribution in [0.2, 0.25) is 0 Å². The Morgan fingerprint density at radius 3 is 2.75 bits per heavy atom. The van der Waals surface area contributed by atoms with Crippen LogP contribution in [0.3, 0.4) is 0 Å². The Bertz CT molecular complexity index is 325. The van der Waals surface area contributed by atoms with Crippen molar-refractivity contribution in [2.45, 2.75) is 39.0 Å². The van der Waals surface area contributed by atoms with Crippen LogP contribution in [0.5, 0.6) is 0 Å². The Morgan fingerprint density at radius 2 is 2.06 bits per heavy atom. The van der Waals surface area contributed by atoms with Crippen LogP contribution in [-0.2, 0) is 0 Å². The van der Waals surface area contributed by atoms with Crippen molar-refractivity contribution in [3.63, 3.8) is 0 Å². The summed E-state index contributed by atoms with van der Waals surface area (Å²) in [7, 11) is 0. The van der Waals surface area contributed by atoms with Crippen molar-refractivity contribution in [3.05, 3.63) is 11.8 Å².